The van der Waals surface area contributed by atoms with Gasteiger partial charge in [0.1, 0.15) is 24.7 Å². The summed E-state index contributed by atoms with van der Waals surface area (Å²) in [7, 11) is 0. The van der Waals surface area contributed by atoms with Gasteiger partial charge in [0, 0.05) is 29.8 Å². The first kappa shape index (κ1) is 26.3. The van der Waals surface area contributed by atoms with E-state index in [0.29, 0.717) is 25.6 Å². The summed E-state index contributed by atoms with van der Waals surface area (Å²) in [6.45, 7) is 5.83. The highest BCUT2D eigenvalue weighted by Gasteiger charge is 2.30. The third-order valence-corrected chi connectivity index (χ3v) is 5.83. The van der Waals surface area contributed by atoms with E-state index in [1.54, 1.807) is 11.8 Å². The van der Waals surface area contributed by atoms with Gasteiger partial charge in [-0.05, 0) is 68.3 Å². The van der Waals surface area contributed by atoms with Crippen molar-refractivity contribution < 1.29 is 37.5 Å². The van der Waals surface area contributed by atoms with Crippen molar-refractivity contribution in [2.75, 3.05) is 38.8 Å². The van der Waals surface area contributed by atoms with Crippen molar-refractivity contribution in [3.63, 3.8) is 0 Å². The molecular weight excluding hydrogens is 445 g/mol. The minimum absolute atomic E-state index is 0.0936. The standard InChI is InChI=1S/C23H29F3O5S/c1-3-28-11-10-18(15-30-20-6-4-19(5-7-20)23(24,25)26)16-32-21-8-9-22(17(2)14-21)29-12-13-31-27/h4-9,14,18,27H,3,10-13,15-16H2,1-2H3. The van der Waals surface area contributed by atoms with Gasteiger partial charge in [-0.3, -0.25) is 5.26 Å². The monoisotopic (exact) mass is 474 g/mol. The highest BCUT2D eigenvalue weighted by Crippen LogP contribution is 2.31. The van der Waals surface area contributed by atoms with Crippen molar-refractivity contribution in [1.82, 2.24) is 0 Å². The molecule has 2 rings (SSSR count). The SMILES string of the molecule is CCOCCC(COc1ccc(C(F)(F)F)cc1)CSc1ccc(OCCOO)c(C)c1. The molecule has 5 nitrogen and oxygen atoms in total. The molecule has 0 aliphatic carbocycles. The average Bonchev–Trinajstić information content (AvgIpc) is 2.76. The molecule has 9 heteroatoms. The van der Waals surface area contributed by atoms with E-state index in [4.69, 9.17) is 19.5 Å². The van der Waals surface area contributed by atoms with Gasteiger partial charge in [-0.1, -0.05) is 0 Å². The number of benzene rings is 2. The number of aryl methyl sites for hydroxylation is 1. The summed E-state index contributed by atoms with van der Waals surface area (Å²) in [6, 6.07) is 10.6. The molecule has 178 valence electrons. The molecule has 0 saturated heterocycles. The molecular formula is C23H29F3O5S. The summed E-state index contributed by atoms with van der Waals surface area (Å²) in [5.41, 5.74) is 0.278. The summed E-state index contributed by atoms with van der Waals surface area (Å²) in [5, 5.41) is 8.37. The number of hydrogen-bond donors (Lipinski definition) is 1. The molecule has 0 heterocycles. The summed E-state index contributed by atoms with van der Waals surface area (Å²) < 4.78 is 54.9. The number of hydrogen-bond acceptors (Lipinski definition) is 6. The Morgan fingerprint density at radius 3 is 2.38 bits per heavy atom. The van der Waals surface area contributed by atoms with Crippen LogP contribution >= 0.6 is 11.8 Å². The predicted molar refractivity (Wildman–Crippen MR) is 118 cm³/mol. The number of thioether (sulfide) groups is 1. The van der Waals surface area contributed by atoms with E-state index in [0.717, 1.165) is 40.5 Å². The topological polar surface area (TPSA) is 57.2 Å². The van der Waals surface area contributed by atoms with Crippen LogP contribution < -0.4 is 9.47 Å². The lowest BCUT2D eigenvalue weighted by atomic mass is 10.1. The van der Waals surface area contributed by atoms with Crippen molar-refractivity contribution in [3.8, 4) is 11.5 Å². The lowest BCUT2D eigenvalue weighted by molar-refractivity contribution is -0.245. The van der Waals surface area contributed by atoms with Crippen LogP contribution in [0.15, 0.2) is 47.4 Å². The second-order valence-corrected chi connectivity index (χ2v) is 8.20. The van der Waals surface area contributed by atoms with Crippen molar-refractivity contribution in [3.05, 3.63) is 53.6 Å². The van der Waals surface area contributed by atoms with Gasteiger partial charge in [0.25, 0.3) is 0 Å². The Hall–Kier alpha value is -1.94. The zero-order valence-electron chi connectivity index (χ0n) is 18.2. The Morgan fingerprint density at radius 1 is 1.00 bits per heavy atom. The molecule has 0 aromatic heterocycles. The van der Waals surface area contributed by atoms with Crippen LogP contribution in [0.25, 0.3) is 0 Å². The molecule has 0 amide bonds. The van der Waals surface area contributed by atoms with Crippen molar-refractivity contribution in [2.45, 2.75) is 31.3 Å². The molecule has 0 spiro atoms. The van der Waals surface area contributed by atoms with E-state index in [2.05, 4.69) is 4.89 Å². The molecule has 1 unspecified atom stereocenters. The highest BCUT2D eigenvalue weighted by atomic mass is 32.2. The van der Waals surface area contributed by atoms with Gasteiger partial charge in [0.2, 0.25) is 0 Å². The first-order valence-corrected chi connectivity index (χ1v) is 11.3. The van der Waals surface area contributed by atoms with Crippen molar-refractivity contribution >= 4 is 11.8 Å². The van der Waals surface area contributed by atoms with Crippen LogP contribution in [0.1, 0.15) is 24.5 Å². The van der Waals surface area contributed by atoms with Gasteiger partial charge < -0.3 is 14.2 Å². The molecule has 0 saturated carbocycles. The first-order chi connectivity index (χ1) is 15.3. The van der Waals surface area contributed by atoms with Crippen LogP contribution in [0.5, 0.6) is 11.5 Å². The molecule has 32 heavy (non-hydrogen) atoms. The first-order valence-electron chi connectivity index (χ1n) is 10.3. The van der Waals surface area contributed by atoms with Crippen molar-refractivity contribution in [1.29, 1.82) is 0 Å². The third kappa shape index (κ3) is 9.28. The van der Waals surface area contributed by atoms with Gasteiger partial charge in [-0.2, -0.15) is 13.2 Å². The number of alkyl halides is 3. The Morgan fingerprint density at radius 2 is 1.75 bits per heavy atom. The number of ether oxygens (including phenoxy) is 3. The molecule has 2 aromatic rings. The quantitative estimate of drug-likeness (QED) is 0.155. The van der Waals surface area contributed by atoms with Crippen LogP contribution in [0.2, 0.25) is 0 Å². The Balaban J connectivity index is 1.91. The molecule has 1 atom stereocenters. The maximum absolute atomic E-state index is 12.7. The Bertz CT molecular complexity index is 799. The van der Waals surface area contributed by atoms with Crippen LogP contribution in [0, 0.1) is 12.8 Å². The van der Waals surface area contributed by atoms with E-state index in [-0.39, 0.29) is 19.1 Å². The van der Waals surface area contributed by atoms with Gasteiger partial charge in [-0.25, -0.2) is 4.89 Å². The largest absolute Gasteiger partial charge is 0.493 e. The van der Waals surface area contributed by atoms with E-state index in [1.165, 1.54) is 12.1 Å². The lowest BCUT2D eigenvalue weighted by Gasteiger charge is -2.18. The second-order valence-electron chi connectivity index (χ2n) is 7.10. The van der Waals surface area contributed by atoms with Crippen LogP contribution in [-0.4, -0.2) is 44.0 Å². The Labute approximate surface area is 190 Å². The maximum atomic E-state index is 12.7. The molecule has 0 aliphatic heterocycles. The molecule has 1 N–H and O–H groups in total. The van der Waals surface area contributed by atoms with Crippen LogP contribution in [-0.2, 0) is 15.8 Å². The Kier molecular flexibility index (Phi) is 11.2. The molecule has 0 radical (unpaired) electrons. The summed E-state index contributed by atoms with van der Waals surface area (Å²) >= 11 is 1.67. The second kappa shape index (κ2) is 13.6. The van der Waals surface area contributed by atoms with E-state index in [9.17, 15) is 13.2 Å². The fourth-order valence-electron chi connectivity index (χ4n) is 2.84. The minimum atomic E-state index is -4.36. The predicted octanol–water partition coefficient (Wildman–Crippen LogP) is 6.10. The number of rotatable bonds is 14. The summed E-state index contributed by atoms with van der Waals surface area (Å²) in [4.78, 5) is 5.08. The van der Waals surface area contributed by atoms with Gasteiger partial charge in [-0.15, -0.1) is 11.8 Å². The van der Waals surface area contributed by atoms with Crippen molar-refractivity contribution in [2.24, 2.45) is 5.92 Å². The molecule has 2 aromatic carbocycles. The van der Waals surface area contributed by atoms with E-state index < -0.39 is 11.7 Å². The van der Waals surface area contributed by atoms with Crippen LogP contribution in [0.4, 0.5) is 13.2 Å². The van der Waals surface area contributed by atoms with Gasteiger partial charge >= 0.3 is 6.18 Å². The molecule has 0 fully saturated rings. The highest BCUT2D eigenvalue weighted by molar-refractivity contribution is 7.99. The fraction of sp³-hybridized carbons (Fsp3) is 0.478. The average molecular weight is 475 g/mol. The normalized spacial score (nSPS) is 12.6. The van der Waals surface area contributed by atoms with Crippen LogP contribution in [0.3, 0.4) is 0 Å². The summed E-state index contributed by atoms with van der Waals surface area (Å²) in [5.74, 6) is 2.07. The maximum Gasteiger partial charge on any atom is 0.416 e. The van der Waals surface area contributed by atoms with Gasteiger partial charge in [0.05, 0.1) is 12.2 Å². The third-order valence-electron chi connectivity index (χ3n) is 4.61. The van der Waals surface area contributed by atoms with E-state index in [1.807, 2.05) is 32.0 Å². The van der Waals surface area contributed by atoms with E-state index >= 15 is 0 Å². The lowest BCUT2D eigenvalue weighted by Crippen LogP contribution is -2.17. The molecule has 0 aliphatic rings. The minimum Gasteiger partial charge on any atom is -0.493 e. The summed E-state index contributed by atoms with van der Waals surface area (Å²) in [6.07, 6.45) is -3.58. The van der Waals surface area contributed by atoms with Gasteiger partial charge in [0.15, 0.2) is 0 Å². The molecule has 0 bridgehead atoms. The fourth-order valence-corrected chi connectivity index (χ4v) is 3.96. The number of halogens is 3. The smallest absolute Gasteiger partial charge is 0.416 e. The zero-order valence-corrected chi connectivity index (χ0v) is 19.0. The zero-order chi connectivity index (χ0) is 23.4.